The van der Waals surface area contributed by atoms with Crippen molar-refractivity contribution in [3.63, 3.8) is 0 Å². The van der Waals surface area contributed by atoms with Crippen molar-refractivity contribution in [3.05, 3.63) is 35.6 Å². The molecule has 1 aromatic carbocycles. The molecule has 0 amide bonds. The van der Waals surface area contributed by atoms with Gasteiger partial charge in [0.2, 0.25) is 0 Å². The highest BCUT2D eigenvalue weighted by Crippen LogP contribution is 2.39. The second-order valence-electron chi connectivity index (χ2n) is 9.80. The third kappa shape index (κ3) is 6.67. The van der Waals surface area contributed by atoms with Gasteiger partial charge in [-0.15, -0.1) is 0 Å². The summed E-state index contributed by atoms with van der Waals surface area (Å²) in [6.07, 6.45) is -12.7. The molecule has 0 aliphatic carbocycles. The number of nitrogens with two attached hydrogens (primary N) is 1. The number of piperidine rings is 1. The molecule has 0 radical (unpaired) electrons. The van der Waals surface area contributed by atoms with Crippen molar-refractivity contribution in [2.45, 2.75) is 94.2 Å². The summed E-state index contributed by atoms with van der Waals surface area (Å²) >= 11 is 0. The van der Waals surface area contributed by atoms with Crippen molar-refractivity contribution in [2.24, 2.45) is 17.6 Å². The minimum atomic E-state index is -4.61. The second kappa shape index (κ2) is 11.1. The summed E-state index contributed by atoms with van der Waals surface area (Å²) in [6.45, 7) is 0. The molecular weight excluding hydrogens is 497 g/mol. The molecule has 0 saturated carbocycles. The fourth-order valence-electron chi connectivity index (χ4n) is 5.21. The minimum absolute atomic E-state index is 0.165. The summed E-state index contributed by atoms with van der Waals surface area (Å²) in [5.41, 5.74) is 11.9. The molecule has 3 heterocycles. The van der Waals surface area contributed by atoms with Crippen LogP contribution in [0.5, 0.6) is 0 Å². The molecule has 36 heavy (non-hydrogen) atoms. The second-order valence-corrected chi connectivity index (χ2v) is 9.80. The number of ether oxygens (including phenoxy) is 2. The van der Waals surface area contributed by atoms with E-state index in [1.165, 1.54) is 24.3 Å². The van der Waals surface area contributed by atoms with Crippen molar-refractivity contribution in [1.29, 1.82) is 0 Å². The Morgan fingerprint density at radius 1 is 0.806 bits per heavy atom. The van der Waals surface area contributed by atoms with Crippen LogP contribution in [0, 0.1) is 17.7 Å². The van der Waals surface area contributed by atoms with Gasteiger partial charge in [0.15, 0.2) is 0 Å². The van der Waals surface area contributed by atoms with Crippen LogP contribution in [-0.4, -0.2) is 49.2 Å². The number of alkyl halides is 6. The van der Waals surface area contributed by atoms with Crippen LogP contribution in [0.1, 0.15) is 44.1 Å². The molecule has 3 saturated heterocycles. The van der Waals surface area contributed by atoms with Gasteiger partial charge >= 0.3 is 12.4 Å². The molecule has 3 aliphatic heterocycles. The predicted octanol–water partition coefficient (Wildman–Crippen LogP) is 3.87. The van der Waals surface area contributed by atoms with E-state index in [-0.39, 0.29) is 19.3 Å². The highest BCUT2D eigenvalue weighted by Gasteiger charge is 2.54. The maximum Gasteiger partial charge on any atom is 0.395 e. The summed E-state index contributed by atoms with van der Waals surface area (Å²) in [6, 6.07) is 3.60. The molecule has 1 aromatic rings. The lowest BCUT2D eigenvalue weighted by molar-refractivity contribution is -0.239. The smallest absolute Gasteiger partial charge is 0.359 e. The zero-order valence-corrected chi connectivity index (χ0v) is 19.4. The third-order valence-electron chi connectivity index (χ3n) is 7.16. The van der Waals surface area contributed by atoms with Gasteiger partial charge in [-0.1, -0.05) is 31.4 Å². The van der Waals surface area contributed by atoms with E-state index >= 15 is 0 Å². The van der Waals surface area contributed by atoms with Crippen LogP contribution in [0.3, 0.4) is 0 Å². The van der Waals surface area contributed by atoms with E-state index < -0.39 is 73.3 Å². The zero-order valence-electron chi connectivity index (χ0n) is 19.4. The fraction of sp³-hybridized carbons (Fsp3) is 0.739. The number of rotatable bonds is 2. The molecule has 204 valence electrons. The zero-order chi connectivity index (χ0) is 26.1. The summed E-state index contributed by atoms with van der Waals surface area (Å²) in [4.78, 5) is 0. The van der Waals surface area contributed by atoms with E-state index in [9.17, 15) is 30.7 Å². The lowest BCUT2D eigenvalue weighted by Crippen LogP contribution is -2.67. The molecule has 8 atom stereocenters. The Balaban J connectivity index is 1.60. The normalized spacial score (nSPS) is 36.9. The van der Waals surface area contributed by atoms with Gasteiger partial charge < -0.3 is 15.2 Å². The maximum atomic E-state index is 13.9. The number of fused-ring (bicyclic) bond motifs is 5. The quantitative estimate of drug-likeness (QED) is 0.437. The molecule has 3 fully saturated rings. The number of nitrogens with one attached hydrogen (secondary N) is 3. The van der Waals surface area contributed by atoms with Crippen LogP contribution in [0.4, 0.5) is 30.7 Å². The third-order valence-corrected chi connectivity index (χ3v) is 7.16. The Morgan fingerprint density at radius 3 is 2.11 bits per heavy atom. The van der Waals surface area contributed by atoms with E-state index in [1.54, 1.807) is 0 Å². The molecule has 0 spiro atoms. The van der Waals surface area contributed by atoms with Gasteiger partial charge in [-0.25, -0.2) is 15.2 Å². The Bertz CT molecular complexity index is 854. The first-order valence-electron chi connectivity index (χ1n) is 12.1. The standard InChI is InChI=1S/C23H31F7N4O2/c24-13-8-6-12(7-9-13)10-14-4-2-1-3-5-15(22(25,26)27)20-33-34-21(36-20)18-17(31)11-16(23(28,29)30)19(32-18)35-14/h6-9,14-21,32-34H,1-5,10-11,31H2/t14?,15-,16?,17?,18?,19?,20?,21?/m1/s1. The average Bonchev–Trinajstić information content (AvgIpc) is 3.25. The number of benzene rings is 1. The topological polar surface area (TPSA) is 80.6 Å². The van der Waals surface area contributed by atoms with E-state index in [0.717, 1.165) is 0 Å². The minimum Gasteiger partial charge on any atom is -0.359 e. The average molecular weight is 529 g/mol. The van der Waals surface area contributed by atoms with Gasteiger partial charge in [-0.2, -0.15) is 26.3 Å². The number of halogens is 7. The highest BCUT2D eigenvalue weighted by molar-refractivity contribution is 5.17. The van der Waals surface area contributed by atoms with Crippen LogP contribution in [0.15, 0.2) is 24.3 Å². The first-order chi connectivity index (χ1) is 16.9. The van der Waals surface area contributed by atoms with Gasteiger partial charge in [0.25, 0.3) is 0 Å². The Kier molecular flexibility index (Phi) is 8.47. The molecule has 4 rings (SSSR count). The van der Waals surface area contributed by atoms with Gasteiger partial charge in [0, 0.05) is 6.04 Å². The highest BCUT2D eigenvalue weighted by atomic mass is 19.4. The number of hydrogen-bond acceptors (Lipinski definition) is 6. The van der Waals surface area contributed by atoms with Crippen molar-refractivity contribution >= 4 is 0 Å². The molecule has 6 nitrogen and oxygen atoms in total. The molecule has 0 aromatic heterocycles. The van der Waals surface area contributed by atoms with Crippen LogP contribution in [0.25, 0.3) is 0 Å². The summed E-state index contributed by atoms with van der Waals surface area (Å²) < 4.78 is 108. The van der Waals surface area contributed by atoms with Gasteiger partial charge in [-0.05, 0) is 43.4 Å². The first-order valence-corrected chi connectivity index (χ1v) is 12.1. The van der Waals surface area contributed by atoms with E-state index in [2.05, 4.69) is 16.2 Å². The van der Waals surface area contributed by atoms with Gasteiger partial charge in [0.1, 0.15) is 24.5 Å². The molecule has 5 N–H and O–H groups in total. The van der Waals surface area contributed by atoms with Gasteiger partial charge in [-0.3, -0.25) is 5.32 Å². The molecule has 4 bridgehead atoms. The SMILES string of the molecule is NC1CC(C(F)(F)F)C2NC1C1NNC(O1)[C@H](C(F)(F)F)CCCCCC(Cc1ccc(F)cc1)O2. The summed E-state index contributed by atoms with van der Waals surface area (Å²) in [7, 11) is 0. The Hall–Kier alpha value is -1.51. The van der Waals surface area contributed by atoms with Gasteiger partial charge in [0.05, 0.1) is 24.0 Å². The van der Waals surface area contributed by atoms with Crippen LogP contribution in [0.2, 0.25) is 0 Å². The predicted molar refractivity (Wildman–Crippen MR) is 115 cm³/mol. The fourth-order valence-corrected chi connectivity index (χ4v) is 5.21. The molecule has 13 heteroatoms. The summed E-state index contributed by atoms with van der Waals surface area (Å²) in [5.74, 6) is -4.15. The Morgan fingerprint density at radius 2 is 1.44 bits per heavy atom. The lowest BCUT2D eigenvalue weighted by Gasteiger charge is -2.44. The lowest BCUT2D eigenvalue weighted by atomic mass is 9.87. The van der Waals surface area contributed by atoms with Crippen molar-refractivity contribution < 1.29 is 40.2 Å². The van der Waals surface area contributed by atoms with Crippen LogP contribution in [-0.2, 0) is 15.9 Å². The maximum absolute atomic E-state index is 13.9. The number of hydrogen-bond donors (Lipinski definition) is 4. The monoisotopic (exact) mass is 528 g/mol. The van der Waals surface area contributed by atoms with Crippen molar-refractivity contribution in [1.82, 2.24) is 16.2 Å². The molecule has 7 unspecified atom stereocenters. The molecular formula is C23H31F7N4O2. The largest absolute Gasteiger partial charge is 0.395 e. The van der Waals surface area contributed by atoms with Crippen LogP contribution >= 0.6 is 0 Å². The van der Waals surface area contributed by atoms with Crippen molar-refractivity contribution in [2.75, 3.05) is 0 Å². The number of hydrazine groups is 1. The van der Waals surface area contributed by atoms with E-state index in [1.807, 2.05) is 0 Å². The van der Waals surface area contributed by atoms with Crippen molar-refractivity contribution in [3.8, 4) is 0 Å². The van der Waals surface area contributed by atoms with Crippen LogP contribution < -0.4 is 21.9 Å². The Labute approximate surface area is 204 Å². The van der Waals surface area contributed by atoms with E-state index in [4.69, 9.17) is 15.2 Å². The molecule has 3 aliphatic rings. The first kappa shape index (κ1) is 27.5. The van der Waals surface area contributed by atoms with E-state index in [0.29, 0.717) is 24.8 Å². The summed E-state index contributed by atoms with van der Waals surface area (Å²) in [5, 5.41) is 2.78.